The van der Waals surface area contributed by atoms with Crippen molar-refractivity contribution in [3.05, 3.63) is 56.7 Å². The zero-order valence-electron chi connectivity index (χ0n) is 12.4. The van der Waals surface area contributed by atoms with Crippen molar-refractivity contribution in [2.24, 2.45) is 0 Å². The fraction of sp³-hybridized carbons (Fsp3) is 0.0714. The van der Waals surface area contributed by atoms with Gasteiger partial charge >= 0.3 is 6.18 Å². The first-order valence-corrected chi connectivity index (χ1v) is 7.88. The molecule has 0 N–H and O–H groups in total. The van der Waals surface area contributed by atoms with Crippen LogP contribution in [0.3, 0.4) is 0 Å². The van der Waals surface area contributed by atoms with E-state index in [2.05, 4.69) is 10.2 Å². The minimum Gasteiger partial charge on any atom is -0.275 e. The van der Waals surface area contributed by atoms with E-state index in [0.717, 1.165) is 22.7 Å². The van der Waals surface area contributed by atoms with Gasteiger partial charge in [-0.25, -0.2) is 0 Å². The Balaban J connectivity index is 2.15. The maximum Gasteiger partial charge on any atom is 0.417 e. The molecule has 3 rings (SSSR count). The number of hydrogen-bond donors (Lipinski definition) is 0. The Labute approximate surface area is 152 Å². The number of nitro benzene ring substituents is 1. The van der Waals surface area contributed by atoms with Gasteiger partial charge in [-0.05, 0) is 30.0 Å². The highest BCUT2D eigenvalue weighted by Gasteiger charge is 2.32. The van der Waals surface area contributed by atoms with Gasteiger partial charge in [0.25, 0.3) is 5.69 Å². The highest BCUT2D eigenvalue weighted by atomic mass is 35.5. The van der Waals surface area contributed by atoms with Crippen molar-refractivity contribution in [1.29, 1.82) is 5.26 Å². The Kier molecular flexibility index (Phi) is 4.47. The summed E-state index contributed by atoms with van der Waals surface area (Å²) in [6.07, 6.45) is -3.89. The predicted molar refractivity (Wildman–Crippen MR) is 84.9 cm³/mol. The molecule has 2 aromatic heterocycles. The number of pyridine rings is 1. The Morgan fingerprint density at radius 2 is 2.04 bits per heavy atom. The molecule has 132 valence electrons. The topological polar surface area (TPSA) is 97.1 Å². The third-order valence-electron chi connectivity index (χ3n) is 3.24. The molecule has 0 atom stereocenters. The van der Waals surface area contributed by atoms with Crippen LogP contribution >= 0.6 is 23.4 Å². The van der Waals surface area contributed by atoms with Gasteiger partial charge in [0.15, 0.2) is 5.65 Å². The molecule has 0 spiro atoms. The van der Waals surface area contributed by atoms with E-state index >= 15 is 0 Å². The van der Waals surface area contributed by atoms with Gasteiger partial charge < -0.3 is 0 Å². The molecule has 0 aliphatic carbocycles. The summed E-state index contributed by atoms with van der Waals surface area (Å²) in [6.45, 7) is 0. The molecule has 0 radical (unpaired) electrons. The van der Waals surface area contributed by atoms with Crippen LogP contribution < -0.4 is 0 Å². The van der Waals surface area contributed by atoms with Crippen molar-refractivity contribution in [1.82, 2.24) is 14.6 Å². The molecule has 1 aromatic carbocycles. The molecule has 0 aliphatic rings. The van der Waals surface area contributed by atoms with E-state index in [4.69, 9.17) is 16.9 Å². The van der Waals surface area contributed by atoms with Gasteiger partial charge in [0.05, 0.1) is 32.0 Å². The monoisotopic (exact) mass is 399 g/mol. The summed E-state index contributed by atoms with van der Waals surface area (Å²) in [5, 5.41) is 27.2. The Morgan fingerprint density at radius 1 is 1.31 bits per heavy atom. The number of nitrogens with zero attached hydrogens (tertiary/aromatic N) is 5. The largest absolute Gasteiger partial charge is 0.417 e. The molecule has 0 saturated heterocycles. The Morgan fingerprint density at radius 3 is 2.65 bits per heavy atom. The average Bonchev–Trinajstić information content (AvgIpc) is 2.97. The SMILES string of the molecule is N#Cc1ccc([N+](=O)[O-])c(Sc2nnc3c(Cl)cc(C(F)(F)F)cn23)c1. The van der Waals surface area contributed by atoms with E-state index in [-0.39, 0.29) is 32.0 Å². The summed E-state index contributed by atoms with van der Waals surface area (Å²) in [7, 11) is 0. The van der Waals surface area contributed by atoms with Crippen molar-refractivity contribution in [3.8, 4) is 6.07 Å². The molecule has 12 heteroatoms. The van der Waals surface area contributed by atoms with E-state index < -0.39 is 16.7 Å². The summed E-state index contributed by atoms with van der Waals surface area (Å²) in [6, 6.07) is 6.21. The first kappa shape index (κ1) is 18.0. The Bertz CT molecular complexity index is 1080. The zero-order valence-corrected chi connectivity index (χ0v) is 13.9. The predicted octanol–water partition coefficient (Wildman–Crippen LogP) is 4.33. The second kappa shape index (κ2) is 6.47. The summed E-state index contributed by atoms with van der Waals surface area (Å²) in [5.74, 6) is 0. The quantitative estimate of drug-likeness (QED) is 0.480. The minimum absolute atomic E-state index is 0.0266. The van der Waals surface area contributed by atoms with Gasteiger partial charge in [-0.1, -0.05) is 11.6 Å². The maximum absolute atomic E-state index is 13.0. The molecule has 26 heavy (non-hydrogen) atoms. The zero-order chi connectivity index (χ0) is 19.1. The number of nitriles is 1. The average molecular weight is 400 g/mol. The fourth-order valence-electron chi connectivity index (χ4n) is 2.07. The van der Waals surface area contributed by atoms with Crippen molar-refractivity contribution >= 4 is 34.7 Å². The first-order chi connectivity index (χ1) is 12.2. The van der Waals surface area contributed by atoms with Crippen molar-refractivity contribution < 1.29 is 18.1 Å². The summed E-state index contributed by atoms with van der Waals surface area (Å²) in [4.78, 5) is 10.5. The number of nitro groups is 1. The lowest BCUT2D eigenvalue weighted by Gasteiger charge is -2.08. The lowest BCUT2D eigenvalue weighted by molar-refractivity contribution is -0.387. The van der Waals surface area contributed by atoms with Crippen molar-refractivity contribution in [3.63, 3.8) is 0 Å². The van der Waals surface area contributed by atoms with Crippen LogP contribution in [0.1, 0.15) is 11.1 Å². The number of fused-ring (bicyclic) bond motifs is 1. The van der Waals surface area contributed by atoms with Crippen LogP contribution in [0.2, 0.25) is 5.02 Å². The molecule has 0 aliphatic heterocycles. The number of rotatable bonds is 3. The molecule has 0 saturated carbocycles. The van der Waals surface area contributed by atoms with Crippen molar-refractivity contribution in [2.45, 2.75) is 16.2 Å². The number of halogens is 4. The summed E-state index contributed by atoms with van der Waals surface area (Å²) in [5.41, 5.74) is -1.21. The van der Waals surface area contributed by atoms with Crippen LogP contribution in [-0.2, 0) is 6.18 Å². The molecule has 0 fully saturated rings. The van der Waals surface area contributed by atoms with Gasteiger partial charge in [0.1, 0.15) is 0 Å². The van der Waals surface area contributed by atoms with Crippen molar-refractivity contribution in [2.75, 3.05) is 0 Å². The maximum atomic E-state index is 13.0. The number of alkyl halides is 3. The molecule has 2 heterocycles. The fourth-order valence-corrected chi connectivity index (χ4v) is 3.27. The van der Waals surface area contributed by atoms with Crippen LogP contribution in [0.25, 0.3) is 5.65 Å². The van der Waals surface area contributed by atoms with E-state index in [1.54, 1.807) is 0 Å². The smallest absolute Gasteiger partial charge is 0.275 e. The standard InChI is InChI=1S/C14H5ClF3N5O2S/c15-9-4-8(14(16,17)18)6-22-12(9)20-21-13(22)26-11-3-7(5-19)1-2-10(11)23(24)25/h1-4,6H. The number of benzene rings is 1. The molecular weight excluding hydrogens is 395 g/mol. The minimum atomic E-state index is -4.64. The second-order valence-corrected chi connectivity index (χ2v) is 6.32. The second-order valence-electron chi connectivity index (χ2n) is 4.90. The van der Waals surface area contributed by atoms with Gasteiger partial charge in [0.2, 0.25) is 5.16 Å². The lowest BCUT2D eigenvalue weighted by Crippen LogP contribution is -2.07. The van der Waals surface area contributed by atoms with Gasteiger partial charge in [-0.2, -0.15) is 18.4 Å². The van der Waals surface area contributed by atoms with Gasteiger partial charge in [-0.3, -0.25) is 14.5 Å². The molecule has 0 unspecified atom stereocenters. The number of hydrogen-bond acceptors (Lipinski definition) is 6. The number of aromatic nitrogens is 3. The third kappa shape index (κ3) is 3.29. The molecule has 0 bridgehead atoms. The molecule has 7 nitrogen and oxygen atoms in total. The van der Waals surface area contributed by atoms with E-state index in [1.165, 1.54) is 12.1 Å². The van der Waals surface area contributed by atoms with Gasteiger partial charge in [-0.15, -0.1) is 10.2 Å². The van der Waals surface area contributed by atoms with E-state index in [0.29, 0.717) is 11.8 Å². The van der Waals surface area contributed by atoms with Crippen LogP contribution in [0.5, 0.6) is 0 Å². The van der Waals surface area contributed by atoms with Crippen LogP contribution in [0.4, 0.5) is 18.9 Å². The first-order valence-electron chi connectivity index (χ1n) is 6.68. The lowest BCUT2D eigenvalue weighted by atomic mass is 10.2. The van der Waals surface area contributed by atoms with E-state index in [1.807, 2.05) is 6.07 Å². The normalized spacial score (nSPS) is 11.5. The van der Waals surface area contributed by atoms with Crippen LogP contribution in [0.15, 0.2) is 40.5 Å². The summed E-state index contributed by atoms with van der Waals surface area (Å²) < 4.78 is 40.0. The van der Waals surface area contributed by atoms with Crippen LogP contribution in [-0.4, -0.2) is 19.5 Å². The molecular formula is C14H5ClF3N5O2S. The third-order valence-corrected chi connectivity index (χ3v) is 4.53. The highest BCUT2D eigenvalue weighted by Crippen LogP contribution is 2.37. The summed E-state index contributed by atoms with van der Waals surface area (Å²) >= 11 is 6.54. The van der Waals surface area contributed by atoms with E-state index in [9.17, 15) is 23.3 Å². The van der Waals surface area contributed by atoms with Gasteiger partial charge in [0, 0.05) is 12.3 Å². The Hall–Kier alpha value is -2.84. The van der Waals surface area contributed by atoms with Crippen LogP contribution in [0, 0.1) is 21.4 Å². The molecule has 0 amide bonds. The molecule has 3 aromatic rings. The highest BCUT2D eigenvalue weighted by molar-refractivity contribution is 7.99.